The zero-order chi connectivity index (χ0) is 23.7. The smallest absolute Gasteiger partial charge is 0.211 e. The van der Waals surface area contributed by atoms with E-state index in [0.717, 1.165) is 30.2 Å². The molecule has 0 radical (unpaired) electrons. The second-order valence-electron chi connectivity index (χ2n) is 10.0. The van der Waals surface area contributed by atoms with Gasteiger partial charge in [0.2, 0.25) is 10.0 Å². The highest BCUT2D eigenvalue weighted by molar-refractivity contribution is 7.89. The van der Waals surface area contributed by atoms with Crippen LogP contribution in [0.3, 0.4) is 0 Å². The van der Waals surface area contributed by atoms with Crippen LogP contribution in [-0.2, 0) is 20.9 Å². The molecule has 1 heterocycles. The molecule has 2 aliphatic rings. The number of ether oxygens (including phenoxy) is 1. The van der Waals surface area contributed by atoms with Crippen molar-refractivity contribution in [3.8, 4) is 5.75 Å². The van der Waals surface area contributed by atoms with E-state index in [4.69, 9.17) is 16.3 Å². The van der Waals surface area contributed by atoms with E-state index in [2.05, 4.69) is 48.2 Å². The van der Waals surface area contributed by atoms with Gasteiger partial charge in [0.15, 0.2) is 0 Å². The maximum absolute atomic E-state index is 11.9. The SMILES string of the molecule is CCCS(=O)(=O)NCCOc1ccc2c(c1)C(C1(c3ccc(Cl)cc3)CCC1)NCC2(C)C.Cl. The fourth-order valence-corrected chi connectivity index (χ4v) is 6.53. The number of nitrogens with one attached hydrogen (secondary N) is 2. The number of hydrogen-bond donors (Lipinski definition) is 2. The summed E-state index contributed by atoms with van der Waals surface area (Å²) in [6, 6.07) is 14.9. The fraction of sp³-hybridized carbons (Fsp3) is 0.538. The van der Waals surface area contributed by atoms with E-state index in [1.165, 1.54) is 23.1 Å². The van der Waals surface area contributed by atoms with Crippen LogP contribution in [0.25, 0.3) is 0 Å². The molecule has 188 valence electrons. The third-order valence-corrected chi connectivity index (χ3v) is 9.04. The Kier molecular flexibility index (Phi) is 8.63. The Morgan fingerprint density at radius 2 is 1.85 bits per heavy atom. The van der Waals surface area contributed by atoms with Gasteiger partial charge in [-0.3, -0.25) is 0 Å². The van der Waals surface area contributed by atoms with E-state index < -0.39 is 10.0 Å². The lowest BCUT2D eigenvalue weighted by Gasteiger charge is -2.53. The van der Waals surface area contributed by atoms with Crippen LogP contribution in [0.4, 0.5) is 0 Å². The highest BCUT2D eigenvalue weighted by atomic mass is 35.5. The van der Waals surface area contributed by atoms with Crippen molar-refractivity contribution in [1.82, 2.24) is 10.0 Å². The van der Waals surface area contributed by atoms with Gasteiger partial charge in [-0.05, 0) is 60.2 Å². The molecule has 0 amide bonds. The third-order valence-electron chi connectivity index (χ3n) is 7.19. The summed E-state index contributed by atoms with van der Waals surface area (Å²) in [4.78, 5) is 0. The first-order chi connectivity index (χ1) is 15.7. The van der Waals surface area contributed by atoms with E-state index in [1.807, 2.05) is 25.1 Å². The molecular weight excluding hydrogens is 491 g/mol. The van der Waals surface area contributed by atoms with E-state index in [1.54, 1.807) is 0 Å². The van der Waals surface area contributed by atoms with Crippen LogP contribution in [0.2, 0.25) is 5.02 Å². The van der Waals surface area contributed by atoms with Gasteiger partial charge < -0.3 is 10.1 Å². The molecule has 0 bridgehead atoms. The minimum atomic E-state index is -3.22. The number of benzene rings is 2. The molecule has 8 heteroatoms. The van der Waals surface area contributed by atoms with Gasteiger partial charge in [0, 0.05) is 35.0 Å². The topological polar surface area (TPSA) is 67.4 Å². The molecule has 5 nitrogen and oxygen atoms in total. The van der Waals surface area contributed by atoms with Crippen LogP contribution in [0.15, 0.2) is 42.5 Å². The second-order valence-corrected chi connectivity index (χ2v) is 12.4. The number of fused-ring (bicyclic) bond motifs is 1. The van der Waals surface area contributed by atoms with E-state index in [9.17, 15) is 8.42 Å². The third kappa shape index (κ3) is 5.57. The molecule has 0 spiro atoms. The average molecular weight is 528 g/mol. The predicted octanol–water partition coefficient (Wildman–Crippen LogP) is 5.51. The Hall–Kier alpha value is -1.31. The van der Waals surface area contributed by atoms with Gasteiger partial charge in [-0.1, -0.05) is 57.0 Å². The molecule has 1 fully saturated rings. The Balaban J connectivity index is 0.00000324. The lowest BCUT2D eigenvalue weighted by Crippen LogP contribution is -2.53. The number of hydrogen-bond acceptors (Lipinski definition) is 4. The molecule has 2 aromatic rings. The highest BCUT2D eigenvalue weighted by Crippen LogP contribution is 2.55. The van der Waals surface area contributed by atoms with Crippen molar-refractivity contribution in [3.05, 3.63) is 64.2 Å². The lowest BCUT2D eigenvalue weighted by molar-refractivity contribution is 0.153. The van der Waals surface area contributed by atoms with Gasteiger partial charge in [0.05, 0.1) is 5.75 Å². The van der Waals surface area contributed by atoms with E-state index in [-0.39, 0.29) is 41.6 Å². The summed E-state index contributed by atoms with van der Waals surface area (Å²) in [6.45, 7) is 7.88. The van der Waals surface area contributed by atoms with Gasteiger partial charge in [0.25, 0.3) is 0 Å². The fourth-order valence-electron chi connectivity index (χ4n) is 5.33. The zero-order valence-corrected chi connectivity index (χ0v) is 22.6. The molecule has 2 N–H and O–H groups in total. The van der Waals surface area contributed by atoms with Crippen molar-refractivity contribution in [2.75, 3.05) is 25.4 Å². The minimum Gasteiger partial charge on any atom is -0.492 e. The Labute approximate surface area is 215 Å². The summed E-state index contributed by atoms with van der Waals surface area (Å²) in [5.41, 5.74) is 4.03. The first kappa shape index (κ1) is 27.3. The summed E-state index contributed by atoms with van der Waals surface area (Å²) in [5.74, 6) is 0.916. The van der Waals surface area contributed by atoms with Crippen molar-refractivity contribution in [2.24, 2.45) is 0 Å². The quantitative estimate of drug-likeness (QED) is 0.422. The summed E-state index contributed by atoms with van der Waals surface area (Å²) >= 11 is 6.18. The maximum Gasteiger partial charge on any atom is 0.211 e. The van der Waals surface area contributed by atoms with Crippen LogP contribution in [-0.4, -0.2) is 33.9 Å². The number of halogens is 2. The largest absolute Gasteiger partial charge is 0.492 e. The van der Waals surface area contributed by atoms with Crippen molar-refractivity contribution in [3.63, 3.8) is 0 Å². The Morgan fingerprint density at radius 1 is 1.15 bits per heavy atom. The minimum absolute atomic E-state index is 0. The zero-order valence-electron chi connectivity index (χ0n) is 20.2. The average Bonchev–Trinajstić information content (AvgIpc) is 2.73. The number of sulfonamides is 1. The normalized spacial score (nSPS) is 20.5. The molecule has 0 saturated heterocycles. The predicted molar refractivity (Wildman–Crippen MR) is 142 cm³/mol. The van der Waals surface area contributed by atoms with Gasteiger partial charge in [-0.25, -0.2) is 13.1 Å². The molecule has 0 aromatic heterocycles. The Bertz CT molecular complexity index is 1080. The van der Waals surface area contributed by atoms with Gasteiger partial charge in [-0.15, -0.1) is 12.4 Å². The summed E-state index contributed by atoms with van der Waals surface area (Å²) in [5, 5.41) is 4.63. The van der Waals surface area contributed by atoms with Crippen LogP contribution >= 0.6 is 24.0 Å². The van der Waals surface area contributed by atoms with E-state index >= 15 is 0 Å². The van der Waals surface area contributed by atoms with Gasteiger partial charge in [0.1, 0.15) is 12.4 Å². The summed E-state index contributed by atoms with van der Waals surface area (Å²) in [7, 11) is -3.22. The first-order valence-corrected chi connectivity index (χ1v) is 13.9. The van der Waals surface area contributed by atoms with Crippen LogP contribution in [0.1, 0.15) is 69.2 Å². The molecule has 1 aliphatic carbocycles. The molecule has 1 unspecified atom stereocenters. The molecular formula is C26H36Cl2N2O3S. The van der Waals surface area contributed by atoms with Crippen molar-refractivity contribution < 1.29 is 13.2 Å². The molecule has 4 rings (SSSR count). The monoisotopic (exact) mass is 526 g/mol. The van der Waals surface area contributed by atoms with Crippen LogP contribution < -0.4 is 14.8 Å². The van der Waals surface area contributed by atoms with E-state index in [0.29, 0.717) is 13.0 Å². The number of rotatable bonds is 9. The Morgan fingerprint density at radius 3 is 2.47 bits per heavy atom. The highest BCUT2D eigenvalue weighted by Gasteiger charge is 2.49. The summed E-state index contributed by atoms with van der Waals surface area (Å²) in [6.07, 6.45) is 4.08. The first-order valence-electron chi connectivity index (χ1n) is 11.9. The molecule has 34 heavy (non-hydrogen) atoms. The van der Waals surface area contributed by atoms with Crippen molar-refractivity contribution >= 4 is 34.0 Å². The molecule has 1 saturated carbocycles. The van der Waals surface area contributed by atoms with Crippen molar-refractivity contribution in [2.45, 2.75) is 63.3 Å². The molecule has 2 aromatic carbocycles. The van der Waals surface area contributed by atoms with Gasteiger partial charge in [-0.2, -0.15) is 0 Å². The standard InChI is InChI=1S/C26H35ClN2O3S.ClH/c1-4-16-33(30,31)29-14-15-32-21-10-11-23-22(17-21)24(28-18-25(23,2)3)26(12-5-13-26)19-6-8-20(27)9-7-19;/h6-11,17,24,28-29H,4-5,12-16,18H2,1-3H3;1H. The molecule has 1 aliphatic heterocycles. The van der Waals surface area contributed by atoms with Crippen molar-refractivity contribution in [1.29, 1.82) is 0 Å². The van der Waals surface area contributed by atoms with Crippen LogP contribution in [0.5, 0.6) is 5.75 Å². The van der Waals surface area contributed by atoms with Gasteiger partial charge >= 0.3 is 0 Å². The second kappa shape index (κ2) is 10.8. The maximum atomic E-state index is 11.9. The lowest BCUT2D eigenvalue weighted by atomic mass is 9.56. The molecule has 1 atom stereocenters. The summed E-state index contributed by atoms with van der Waals surface area (Å²) < 4.78 is 32.3. The van der Waals surface area contributed by atoms with Crippen LogP contribution in [0, 0.1) is 0 Å².